The highest BCUT2D eigenvalue weighted by atomic mass is 19.4. The van der Waals surface area contributed by atoms with Crippen LogP contribution < -0.4 is 5.32 Å². The average molecular weight is 329 g/mol. The lowest BCUT2D eigenvalue weighted by Gasteiger charge is -2.20. The first-order chi connectivity index (χ1) is 9.89. The summed E-state index contributed by atoms with van der Waals surface area (Å²) in [5, 5.41) is 11.1. The van der Waals surface area contributed by atoms with Gasteiger partial charge in [0.05, 0.1) is 13.0 Å². The van der Waals surface area contributed by atoms with Crippen LogP contribution in [0.3, 0.4) is 0 Å². The van der Waals surface area contributed by atoms with Crippen molar-refractivity contribution in [2.45, 2.75) is 45.4 Å². The Labute approximate surface area is 127 Å². The van der Waals surface area contributed by atoms with Gasteiger partial charge in [-0.25, -0.2) is 4.79 Å². The fourth-order valence-corrected chi connectivity index (χ4v) is 1.53. The monoisotopic (exact) mass is 329 g/mol. The lowest BCUT2D eigenvalue weighted by Crippen LogP contribution is -2.34. The minimum atomic E-state index is -4.46. The van der Waals surface area contributed by atoms with Crippen molar-refractivity contribution in [2.24, 2.45) is 5.92 Å². The van der Waals surface area contributed by atoms with Gasteiger partial charge in [0.25, 0.3) is 0 Å². The van der Waals surface area contributed by atoms with Crippen molar-refractivity contribution in [1.29, 1.82) is 0 Å². The Bertz CT molecular complexity index is 366. The van der Waals surface area contributed by atoms with Crippen LogP contribution in [0.15, 0.2) is 0 Å². The van der Waals surface area contributed by atoms with Crippen molar-refractivity contribution in [3.63, 3.8) is 0 Å². The number of hydrogen-bond donors (Lipinski definition) is 2. The molecule has 0 rings (SSSR count). The molecule has 1 amide bonds. The van der Waals surface area contributed by atoms with Gasteiger partial charge in [0.1, 0.15) is 12.2 Å². The van der Waals surface area contributed by atoms with E-state index >= 15 is 0 Å². The molecule has 0 aromatic carbocycles. The van der Waals surface area contributed by atoms with Gasteiger partial charge in [-0.15, -0.1) is 0 Å². The van der Waals surface area contributed by atoms with Crippen LogP contribution in [0.1, 0.15) is 33.6 Å². The summed E-state index contributed by atoms with van der Waals surface area (Å²) in [6, 6.07) is 0. The number of ether oxygens (including phenoxy) is 2. The molecule has 2 N–H and O–H groups in total. The third kappa shape index (κ3) is 13.5. The summed E-state index contributed by atoms with van der Waals surface area (Å²) < 4.78 is 45.4. The van der Waals surface area contributed by atoms with Crippen LogP contribution in [0.4, 0.5) is 18.0 Å². The molecule has 0 saturated heterocycles. The van der Waals surface area contributed by atoms with E-state index in [4.69, 9.17) is 9.84 Å². The normalized spacial score (nSPS) is 13.5. The van der Waals surface area contributed by atoms with E-state index in [1.165, 1.54) is 0 Å². The molecule has 0 aliphatic carbocycles. The molecule has 0 spiro atoms. The molecule has 0 saturated carbocycles. The zero-order valence-electron chi connectivity index (χ0n) is 12.8. The Balaban J connectivity index is 4.14. The Hall–Kier alpha value is -1.51. The van der Waals surface area contributed by atoms with Crippen LogP contribution in [0.5, 0.6) is 0 Å². The van der Waals surface area contributed by atoms with Crippen LogP contribution in [0.2, 0.25) is 0 Å². The molecule has 0 aliphatic heterocycles. The zero-order valence-corrected chi connectivity index (χ0v) is 12.8. The standard InChI is InChI=1S/C13H22F3NO5/c1-12(2,3)22-11(20)17-5-4-9(6-10(18)19)7-21-8-13(14,15)16/h9H,4-8H2,1-3H3,(H,17,20)(H,18,19)/t9-/m1/s1. The van der Waals surface area contributed by atoms with Crippen LogP contribution in [-0.2, 0) is 14.3 Å². The van der Waals surface area contributed by atoms with E-state index in [0.717, 1.165) is 0 Å². The van der Waals surface area contributed by atoms with Gasteiger partial charge >= 0.3 is 18.2 Å². The van der Waals surface area contributed by atoms with Gasteiger partial charge in [-0.1, -0.05) is 0 Å². The van der Waals surface area contributed by atoms with Gasteiger partial charge in [-0.3, -0.25) is 4.79 Å². The van der Waals surface area contributed by atoms with Gasteiger partial charge in [0.15, 0.2) is 0 Å². The summed E-state index contributed by atoms with van der Waals surface area (Å²) in [6.45, 7) is 3.37. The fourth-order valence-electron chi connectivity index (χ4n) is 1.53. The average Bonchev–Trinajstić information content (AvgIpc) is 2.23. The second-order valence-corrected chi connectivity index (χ2v) is 5.81. The summed E-state index contributed by atoms with van der Waals surface area (Å²) >= 11 is 0. The first-order valence-electron chi connectivity index (χ1n) is 6.72. The predicted octanol–water partition coefficient (Wildman–Crippen LogP) is 2.57. The number of carboxylic acid groups (broad SMARTS) is 1. The molecule has 0 fully saturated rings. The SMILES string of the molecule is CC(C)(C)OC(=O)NCC[C@@H](COCC(F)(F)F)CC(=O)O. The molecule has 6 nitrogen and oxygen atoms in total. The molecule has 0 heterocycles. The van der Waals surface area contributed by atoms with E-state index in [2.05, 4.69) is 10.1 Å². The molecule has 9 heteroatoms. The third-order valence-electron chi connectivity index (χ3n) is 2.30. The van der Waals surface area contributed by atoms with Crippen LogP contribution in [-0.4, -0.2) is 48.7 Å². The second-order valence-electron chi connectivity index (χ2n) is 5.81. The van der Waals surface area contributed by atoms with Crippen molar-refractivity contribution >= 4 is 12.1 Å². The number of halogens is 3. The molecule has 0 radical (unpaired) electrons. The highest BCUT2D eigenvalue weighted by Crippen LogP contribution is 2.16. The zero-order chi connectivity index (χ0) is 17.4. The van der Waals surface area contributed by atoms with E-state index in [1.54, 1.807) is 20.8 Å². The molecule has 130 valence electrons. The molecule has 0 aliphatic rings. The third-order valence-corrected chi connectivity index (χ3v) is 2.30. The number of alkyl halides is 3. The quantitative estimate of drug-likeness (QED) is 0.715. The van der Waals surface area contributed by atoms with Crippen molar-refractivity contribution in [3.8, 4) is 0 Å². The van der Waals surface area contributed by atoms with Gasteiger partial charge < -0.3 is 19.9 Å². The number of aliphatic carboxylic acids is 1. The van der Waals surface area contributed by atoms with E-state index in [1.807, 2.05) is 0 Å². The van der Waals surface area contributed by atoms with Gasteiger partial charge in [0, 0.05) is 6.54 Å². The van der Waals surface area contributed by atoms with E-state index in [0.29, 0.717) is 0 Å². The van der Waals surface area contributed by atoms with Crippen molar-refractivity contribution in [2.75, 3.05) is 19.8 Å². The number of rotatable bonds is 8. The minimum absolute atomic E-state index is 0.0856. The maximum absolute atomic E-state index is 12.0. The number of amides is 1. The Morgan fingerprint density at radius 3 is 2.27 bits per heavy atom. The largest absolute Gasteiger partial charge is 0.481 e. The molecule has 0 bridgehead atoms. The maximum Gasteiger partial charge on any atom is 0.411 e. The van der Waals surface area contributed by atoms with Crippen LogP contribution in [0, 0.1) is 5.92 Å². The summed E-state index contributed by atoms with van der Waals surface area (Å²) in [6.07, 6.45) is -5.29. The first-order valence-corrected chi connectivity index (χ1v) is 6.72. The minimum Gasteiger partial charge on any atom is -0.481 e. The van der Waals surface area contributed by atoms with Gasteiger partial charge in [-0.05, 0) is 33.1 Å². The predicted molar refractivity (Wildman–Crippen MR) is 71.5 cm³/mol. The van der Waals surface area contributed by atoms with E-state index in [9.17, 15) is 22.8 Å². The van der Waals surface area contributed by atoms with E-state index in [-0.39, 0.29) is 26.0 Å². The van der Waals surface area contributed by atoms with E-state index < -0.39 is 36.4 Å². The molecular formula is C13H22F3NO5. The topological polar surface area (TPSA) is 84.9 Å². The lowest BCUT2D eigenvalue weighted by atomic mass is 10.0. The number of hydrogen-bond acceptors (Lipinski definition) is 4. The highest BCUT2D eigenvalue weighted by Gasteiger charge is 2.28. The van der Waals surface area contributed by atoms with Gasteiger partial charge in [0.2, 0.25) is 0 Å². The molecule has 1 atom stereocenters. The molecule has 0 unspecified atom stereocenters. The maximum atomic E-state index is 12.0. The molecular weight excluding hydrogens is 307 g/mol. The second kappa shape index (κ2) is 8.82. The smallest absolute Gasteiger partial charge is 0.411 e. The summed E-state index contributed by atoms with van der Waals surface area (Å²) in [7, 11) is 0. The van der Waals surface area contributed by atoms with Crippen molar-refractivity contribution < 1.29 is 37.3 Å². The van der Waals surface area contributed by atoms with Crippen molar-refractivity contribution in [3.05, 3.63) is 0 Å². The highest BCUT2D eigenvalue weighted by molar-refractivity contribution is 5.68. The van der Waals surface area contributed by atoms with Crippen LogP contribution >= 0.6 is 0 Å². The molecule has 0 aromatic heterocycles. The fraction of sp³-hybridized carbons (Fsp3) is 0.846. The number of carbonyl (C=O) groups is 2. The summed E-state index contributed by atoms with van der Waals surface area (Å²) in [5.74, 6) is -1.77. The van der Waals surface area contributed by atoms with Gasteiger partial charge in [-0.2, -0.15) is 13.2 Å². The number of alkyl carbamates (subject to hydrolysis) is 1. The Morgan fingerprint density at radius 2 is 1.82 bits per heavy atom. The van der Waals surface area contributed by atoms with Crippen molar-refractivity contribution in [1.82, 2.24) is 5.32 Å². The first kappa shape index (κ1) is 20.5. The number of carboxylic acids is 1. The molecule has 0 aromatic rings. The molecule has 22 heavy (non-hydrogen) atoms. The number of carbonyl (C=O) groups excluding carboxylic acids is 1. The summed E-state index contributed by atoms with van der Waals surface area (Å²) in [5.41, 5.74) is -0.666. The Morgan fingerprint density at radius 1 is 1.23 bits per heavy atom. The van der Waals surface area contributed by atoms with Crippen LogP contribution in [0.25, 0.3) is 0 Å². The lowest BCUT2D eigenvalue weighted by molar-refractivity contribution is -0.177. The summed E-state index contributed by atoms with van der Waals surface area (Å²) in [4.78, 5) is 22.0. The number of nitrogens with one attached hydrogen (secondary N) is 1. The Kier molecular flexibility index (Phi) is 8.21.